The Bertz CT molecular complexity index is 546. The van der Waals surface area contributed by atoms with Gasteiger partial charge in [-0.3, -0.25) is 9.48 Å². The standard InChI is InChI=1S/C13H15N3OS/c1-9(2)16-8-7-12(15-16)14-13(17)10-3-5-11(18)6-4-10/h3-9,18H,1-2H3,(H,14,15,17). The van der Waals surface area contributed by atoms with Gasteiger partial charge in [-0.2, -0.15) is 5.10 Å². The van der Waals surface area contributed by atoms with Gasteiger partial charge in [0.15, 0.2) is 5.82 Å². The van der Waals surface area contributed by atoms with Crippen LogP contribution in [0, 0.1) is 0 Å². The summed E-state index contributed by atoms with van der Waals surface area (Å²) in [5.41, 5.74) is 0.590. The lowest BCUT2D eigenvalue weighted by molar-refractivity contribution is 0.102. The van der Waals surface area contributed by atoms with Crippen LogP contribution in [0.15, 0.2) is 41.4 Å². The number of benzene rings is 1. The van der Waals surface area contributed by atoms with Gasteiger partial charge in [0.05, 0.1) is 0 Å². The quantitative estimate of drug-likeness (QED) is 0.834. The number of carbonyl (C=O) groups is 1. The number of anilines is 1. The van der Waals surface area contributed by atoms with Crippen molar-refractivity contribution < 1.29 is 4.79 Å². The molecule has 0 saturated heterocycles. The first-order valence-corrected chi connectivity index (χ1v) is 6.16. The Morgan fingerprint density at radius 1 is 1.28 bits per heavy atom. The molecular weight excluding hydrogens is 246 g/mol. The third-order valence-electron chi connectivity index (χ3n) is 2.51. The average molecular weight is 261 g/mol. The summed E-state index contributed by atoms with van der Waals surface area (Å²) >= 11 is 4.18. The van der Waals surface area contributed by atoms with E-state index in [9.17, 15) is 4.79 Å². The Morgan fingerprint density at radius 3 is 2.50 bits per heavy atom. The maximum atomic E-state index is 11.9. The van der Waals surface area contributed by atoms with Gasteiger partial charge in [-0.25, -0.2) is 0 Å². The smallest absolute Gasteiger partial charge is 0.256 e. The SMILES string of the molecule is CC(C)n1ccc(NC(=O)c2ccc(S)cc2)n1. The number of amides is 1. The lowest BCUT2D eigenvalue weighted by Gasteiger charge is -2.05. The Labute approximate surface area is 111 Å². The van der Waals surface area contributed by atoms with Crippen LogP contribution in [0.1, 0.15) is 30.2 Å². The number of hydrogen-bond donors (Lipinski definition) is 2. The summed E-state index contributed by atoms with van der Waals surface area (Å²) in [6.07, 6.45) is 1.84. The molecule has 0 radical (unpaired) electrons. The number of nitrogens with one attached hydrogen (secondary N) is 1. The number of carbonyl (C=O) groups excluding carboxylic acids is 1. The molecule has 2 aromatic rings. The molecule has 0 saturated carbocycles. The highest BCUT2D eigenvalue weighted by Crippen LogP contribution is 2.12. The van der Waals surface area contributed by atoms with Gasteiger partial charge in [-0.15, -0.1) is 12.6 Å². The fraction of sp³-hybridized carbons (Fsp3) is 0.231. The van der Waals surface area contributed by atoms with Gasteiger partial charge in [-0.05, 0) is 38.1 Å². The van der Waals surface area contributed by atoms with Crippen molar-refractivity contribution in [2.45, 2.75) is 24.8 Å². The maximum Gasteiger partial charge on any atom is 0.256 e. The van der Waals surface area contributed by atoms with Crippen LogP contribution in [0.2, 0.25) is 0 Å². The topological polar surface area (TPSA) is 46.9 Å². The molecule has 0 aliphatic rings. The highest BCUT2D eigenvalue weighted by atomic mass is 32.1. The van der Waals surface area contributed by atoms with Crippen molar-refractivity contribution >= 4 is 24.4 Å². The monoisotopic (exact) mass is 261 g/mol. The molecule has 18 heavy (non-hydrogen) atoms. The van der Waals surface area contributed by atoms with Crippen molar-refractivity contribution in [3.05, 3.63) is 42.1 Å². The molecule has 2 rings (SSSR count). The van der Waals surface area contributed by atoms with Gasteiger partial charge in [0.1, 0.15) is 0 Å². The van der Waals surface area contributed by atoms with E-state index in [0.717, 1.165) is 4.90 Å². The summed E-state index contributed by atoms with van der Waals surface area (Å²) in [5.74, 6) is 0.390. The van der Waals surface area contributed by atoms with E-state index in [1.165, 1.54) is 0 Å². The molecule has 0 atom stereocenters. The van der Waals surface area contributed by atoms with Crippen LogP contribution in [0.4, 0.5) is 5.82 Å². The molecule has 0 fully saturated rings. The Morgan fingerprint density at radius 2 is 1.94 bits per heavy atom. The van der Waals surface area contributed by atoms with Crippen LogP contribution in [0.25, 0.3) is 0 Å². The summed E-state index contributed by atoms with van der Waals surface area (Å²) in [4.78, 5) is 12.7. The highest BCUT2D eigenvalue weighted by Gasteiger charge is 2.08. The van der Waals surface area contributed by atoms with Crippen LogP contribution >= 0.6 is 12.6 Å². The first kappa shape index (κ1) is 12.7. The summed E-state index contributed by atoms with van der Waals surface area (Å²) in [5, 5.41) is 7.02. The molecule has 0 aliphatic heterocycles. The number of rotatable bonds is 3. The summed E-state index contributed by atoms with van der Waals surface area (Å²) in [7, 11) is 0. The van der Waals surface area contributed by atoms with Crippen LogP contribution < -0.4 is 5.32 Å². The van der Waals surface area contributed by atoms with E-state index in [4.69, 9.17) is 0 Å². The zero-order valence-electron chi connectivity index (χ0n) is 10.3. The summed E-state index contributed by atoms with van der Waals surface area (Å²) in [6.45, 7) is 4.06. The van der Waals surface area contributed by atoms with Gasteiger partial charge in [0.2, 0.25) is 0 Å². The van der Waals surface area contributed by atoms with Crippen LogP contribution in [0.3, 0.4) is 0 Å². The van der Waals surface area contributed by atoms with Gasteiger partial charge in [0, 0.05) is 28.8 Å². The molecule has 1 heterocycles. The minimum atomic E-state index is -0.169. The molecule has 0 spiro atoms. The van der Waals surface area contributed by atoms with E-state index >= 15 is 0 Å². The molecule has 94 valence electrons. The van der Waals surface area contributed by atoms with Crippen molar-refractivity contribution in [2.24, 2.45) is 0 Å². The minimum absolute atomic E-state index is 0.169. The third kappa shape index (κ3) is 2.92. The van der Waals surface area contributed by atoms with E-state index in [-0.39, 0.29) is 11.9 Å². The van der Waals surface area contributed by atoms with Crippen molar-refractivity contribution in [2.75, 3.05) is 5.32 Å². The third-order valence-corrected chi connectivity index (χ3v) is 2.81. The number of aromatic nitrogens is 2. The van der Waals surface area contributed by atoms with E-state index in [1.807, 2.05) is 20.0 Å². The predicted molar refractivity (Wildman–Crippen MR) is 74.3 cm³/mol. The predicted octanol–water partition coefficient (Wildman–Crippen LogP) is 3.01. The second-order valence-corrected chi connectivity index (χ2v) is 4.79. The second-order valence-electron chi connectivity index (χ2n) is 4.28. The van der Waals surface area contributed by atoms with Gasteiger partial charge < -0.3 is 5.32 Å². The van der Waals surface area contributed by atoms with Crippen molar-refractivity contribution in [3.63, 3.8) is 0 Å². The summed E-state index contributed by atoms with van der Waals surface area (Å²) < 4.78 is 1.80. The molecule has 1 amide bonds. The fourth-order valence-corrected chi connectivity index (χ4v) is 1.64. The van der Waals surface area contributed by atoms with E-state index < -0.39 is 0 Å². The molecule has 4 nitrogen and oxygen atoms in total. The normalized spacial score (nSPS) is 10.7. The molecule has 0 aliphatic carbocycles. The van der Waals surface area contributed by atoms with Gasteiger partial charge >= 0.3 is 0 Å². The molecule has 1 N–H and O–H groups in total. The zero-order valence-corrected chi connectivity index (χ0v) is 11.2. The second kappa shape index (κ2) is 5.27. The van der Waals surface area contributed by atoms with E-state index in [2.05, 4.69) is 23.0 Å². The Kier molecular flexibility index (Phi) is 3.72. The minimum Gasteiger partial charge on any atom is -0.305 e. The molecule has 1 aromatic heterocycles. The van der Waals surface area contributed by atoms with Crippen LogP contribution in [0.5, 0.6) is 0 Å². The number of nitrogens with zero attached hydrogens (tertiary/aromatic N) is 2. The van der Waals surface area contributed by atoms with Crippen molar-refractivity contribution in [1.82, 2.24) is 9.78 Å². The molecular formula is C13H15N3OS. The maximum absolute atomic E-state index is 11.9. The van der Waals surface area contributed by atoms with Gasteiger partial charge in [-0.1, -0.05) is 0 Å². The molecule has 0 unspecified atom stereocenters. The van der Waals surface area contributed by atoms with E-state index in [0.29, 0.717) is 11.4 Å². The highest BCUT2D eigenvalue weighted by molar-refractivity contribution is 7.80. The molecule has 0 bridgehead atoms. The largest absolute Gasteiger partial charge is 0.305 e. The number of thiol groups is 1. The Balaban J connectivity index is 2.08. The van der Waals surface area contributed by atoms with Crippen molar-refractivity contribution in [1.29, 1.82) is 0 Å². The lowest BCUT2D eigenvalue weighted by atomic mass is 10.2. The average Bonchev–Trinajstić information content (AvgIpc) is 2.78. The lowest BCUT2D eigenvalue weighted by Crippen LogP contribution is -2.12. The van der Waals surface area contributed by atoms with Gasteiger partial charge in [0.25, 0.3) is 5.91 Å². The van der Waals surface area contributed by atoms with E-state index in [1.54, 1.807) is 35.0 Å². The molecule has 5 heteroatoms. The van der Waals surface area contributed by atoms with Crippen molar-refractivity contribution in [3.8, 4) is 0 Å². The Hall–Kier alpha value is -1.75. The first-order valence-electron chi connectivity index (χ1n) is 5.72. The first-order chi connectivity index (χ1) is 8.56. The van der Waals surface area contributed by atoms with Crippen LogP contribution in [-0.4, -0.2) is 15.7 Å². The number of hydrogen-bond acceptors (Lipinski definition) is 3. The fourth-order valence-electron chi connectivity index (χ4n) is 1.49. The van der Waals surface area contributed by atoms with Crippen LogP contribution in [-0.2, 0) is 0 Å². The zero-order chi connectivity index (χ0) is 13.1. The molecule has 1 aromatic carbocycles. The summed E-state index contributed by atoms with van der Waals surface area (Å²) in [6, 6.07) is 9.09.